The minimum atomic E-state index is -0.887. The highest BCUT2D eigenvalue weighted by molar-refractivity contribution is 7.22. The summed E-state index contributed by atoms with van der Waals surface area (Å²) < 4.78 is 11.8. The highest BCUT2D eigenvalue weighted by Gasteiger charge is 2.48. The van der Waals surface area contributed by atoms with Gasteiger partial charge in [0.05, 0.1) is 35.5 Å². The summed E-state index contributed by atoms with van der Waals surface area (Å²) in [4.78, 5) is 33.1. The van der Waals surface area contributed by atoms with Crippen LogP contribution in [0, 0.1) is 13.8 Å². The number of thiazole rings is 1. The van der Waals surface area contributed by atoms with Gasteiger partial charge in [-0.1, -0.05) is 41.2 Å². The Morgan fingerprint density at radius 3 is 2.62 bits per heavy atom. The van der Waals surface area contributed by atoms with Crippen LogP contribution in [0.5, 0.6) is 11.5 Å². The van der Waals surface area contributed by atoms with Crippen LogP contribution in [0.25, 0.3) is 16.0 Å². The monoisotopic (exact) mass is 514 g/mol. The zero-order valence-electron chi connectivity index (χ0n) is 20.9. The van der Waals surface area contributed by atoms with Crippen LogP contribution in [0.4, 0.5) is 5.13 Å². The maximum atomic E-state index is 13.5. The normalized spacial score (nSPS) is 17.0. The molecule has 1 amide bonds. The average Bonchev–Trinajstić information content (AvgIpc) is 3.43. The second-order valence-corrected chi connectivity index (χ2v) is 9.83. The van der Waals surface area contributed by atoms with Crippen LogP contribution in [0.1, 0.15) is 35.2 Å². The van der Waals surface area contributed by atoms with Crippen LogP contribution in [0.2, 0.25) is 0 Å². The maximum absolute atomic E-state index is 13.5. The van der Waals surface area contributed by atoms with Gasteiger partial charge in [0.1, 0.15) is 17.3 Å². The number of aliphatic hydroxyl groups is 1. The van der Waals surface area contributed by atoms with Crippen molar-refractivity contribution < 1.29 is 24.2 Å². The number of aliphatic hydroxyl groups excluding tert-OH is 1. The van der Waals surface area contributed by atoms with Crippen LogP contribution < -0.4 is 14.4 Å². The number of Topliss-reactive ketones (excluding diaryl/α,β-unsaturated/α-hetero) is 1. The number of anilines is 1. The topological polar surface area (TPSA) is 89.0 Å². The Kier molecular flexibility index (Phi) is 6.43. The first kappa shape index (κ1) is 24.5. The van der Waals surface area contributed by atoms with Crippen molar-refractivity contribution in [2.24, 2.45) is 0 Å². The van der Waals surface area contributed by atoms with Crippen molar-refractivity contribution in [3.8, 4) is 11.5 Å². The molecule has 1 aliphatic heterocycles. The van der Waals surface area contributed by atoms with E-state index in [1.54, 1.807) is 25.3 Å². The Morgan fingerprint density at radius 1 is 1.05 bits per heavy atom. The molecule has 5 rings (SSSR count). The number of methoxy groups -OCH3 is 1. The molecule has 37 heavy (non-hydrogen) atoms. The maximum Gasteiger partial charge on any atom is 0.301 e. The molecule has 1 fully saturated rings. The zero-order valence-corrected chi connectivity index (χ0v) is 21.8. The molecule has 8 heteroatoms. The molecule has 0 spiro atoms. The van der Waals surface area contributed by atoms with Gasteiger partial charge >= 0.3 is 5.91 Å². The van der Waals surface area contributed by atoms with E-state index in [0.29, 0.717) is 39.9 Å². The molecule has 1 saturated heterocycles. The molecule has 0 saturated carbocycles. The minimum absolute atomic E-state index is 0.0150. The van der Waals surface area contributed by atoms with E-state index in [1.807, 2.05) is 63.2 Å². The third-order valence-electron chi connectivity index (χ3n) is 6.37. The van der Waals surface area contributed by atoms with Gasteiger partial charge in [0.25, 0.3) is 5.78 Å². The summed E-state index contributed by atoms with van der Waals surface area (Å²) >= 11 is 1.29. The molecule has 1 unspecified atom stereocenters. The van der Waals surface area contributed by atoms with Gasteiger partial charge in [-0.25, -0.2) is 4.98 Å². The molecule has 0 bridgehead atoms. The quantitative estimate of drug-likeness (QED) is 0.194. The molecule has 1 aromatic heterocycles. The zero-order chi connectivity index (χ0) is 26.3. The summed E-state index contributed by atoms with van der Waals surface area (Å²) in [5.41, 5.74) is 3.56. The minimum Gasteiger partial charge on any atom is -0.507 e. The molecule has 1 atom stereocenters. The van der Waals surface area contributed by atoms with E-state index < -0.39 is 17.7 Å². The lowest BCUT2D eigenvalue weighted by atomic mass is 9.93. The van der Waals surface area contributed by atoms with Gasteiger partial charge in [-0.3, -0.25) is 14.5 Å². The van der Waals surface area contributed by atoms with Gasteiger partial charge in [-0.2, -0.15) is 0 Å². The number of rotatable bonds is 6. The third-order valence-corrected chi connectivity index (χ3v) is 7.39. The number of benzene rings is 3. The standard InChI is InChI=1S/C29H26N2O5S/c1-5-36-20-11-12-22-23(15-20)37-29(30-22)31-25(18-7-6-8-19(14-18)35-4)24(27(33)28(31)34)26(32)21-13-16(2)9-10-17(21)3/h6-15,25,32H,5H2,1-4H3/b26-24+. The summed E-state index contributed by atoms with van der Waals surface area (Å²) in [6.07, 6.45) is 0. The number of amides is 1. The number of carbonyl (C=O) groups excluding carboxylic acids is 2. The van der Waals surface area contributed by atoms with E-state index in [1.165, 1.54) is 16.2 Å². The fourth-order valence-corrected chi connectivity index (χ4v) is 5.57. The Morgan fingerprint density at radius 2 is 1.86 bits per heavy atom. The highest BCUT2D eigenvalue weighted by atomic mass is 32.1. The largest absolute Gasteiger partial charge is 0.507 e. The summed E-state index contributed by atoms with van der Waals surface area (Å²) in [6, 6.07) is 17.4. The number of nitrogens with zero attached hydrogens (tertiary/aromatic N) is 2. The van der Waals surface area contributed by atoms with Gasteiger partial charge in [0.2, 0.25) is 0 Å². The number of aryl methyl sites for hydroxylation is 2. The Balaban J connectivity index is 1.73. The van der Waals surface area contributed by atoms with Crippen LogP contribution >= 0.6 is 11.3 Å². The molecule has 2 heterocycles. The van der Waals surface area contributed by atoms with Gasteiger partial charge in [-0.15, -0.1) is 0 Å². The first-order valence-electron chi connectivity index (χ1n) is 11.9. The van der Waals surface area contributed by atoms with Crippen molar-refractivity contribution in [1.29, 1.82) is 0 Å². The average molecular weight is 515 g/mol. The number of hydrogen-bond acceptors (Lipinski definition) is 7. The summed E-state index contributed by atoms with van der Waals surface area (Å²) in [7, 11) is 1.55. The molecule has 0 aliphatic carbocycles. The summed E-state index contributed by atoms with van der Waals surface area (Å²) in [5, 5.41) is 11.8. The lowest BCUT2D eigenvalue weighted by Crippen LogP contribution is -2.29. The molecule has 1 aliphatic rings. The van der Waals surface area contributed by atoms with E-state index in [9.17, 15) is 14.7 Å². The predicted molar refractivity (Wildman–Crippen MR) is 144 cm³/mol. The van der Waals surface area contributed by atoms with Crippen molar-refractivity contribution in [3.05, 3.63) is 88.5 Å². The van der Waals surface area contributed by atoms with Crippen LogP contribution in [0.15, 0.2) is 66.2 Å². The van der Waals surface area contributed by atoms with E-state index in [0.717, 1.165) is 15.8 Å². The van der Waals surface area contributed by atoms with Crippen LogP contribution in [-0.4, -0.2) is 35.5 Å². The lowest BCUT2D eigenvalue weighted by Gasteiger charge is -2.23. The lowest BCUT2D eigenvalue weighted by molar-refractivity contribution is -0.132. The number of carbonyl (C=O) groups is 2. The van der Waals surface area contributed by atoms with Crippen molar-refractivity contribution in [2.75, 3.05) is 18.6 Å². The molecule has 4 aromatic rings. The molecule has 7 nitrogen and oxygen atoms in total. The first-order valence-corrected chi connectivity index (χ1v) is 12.7. The molecule has 188 valence electrons. The van der Waals surface area contributed by atoms with Crippen molar-refractivity contribution >= 4 is 44.1 Å². The molecular weight excluding hydrogens is 488 g/mol. The molecule has 0 radical (unpaired) electrons. The van der Waals surface area contributed by atoms with Gasteiger partial charge in [-0.05, 0) is 68.3 Å². The predicted octanol–water partition coefficient (Wildman–Crippen LogP) is 5.95. The second-order valence-electron chi connectivity index (χ2n) is 8.82. The van der Waals surface area contributed by atoms with E-state index in [2.05, 4.69) is 4.98 Å². The van der Waals surface area contributed by atoms with Crippen molar-refractivity contribution in [3.63, 3.8) is 0 Å². The third kappa shape index (κ3) is 4.34. The Hall–Kier alpha value is -4.17. The fraction of sp³-hybridized carbons (Fsp3) is 0.207. The molecule has 3 aromatic carbocycles. The molecule has 1 N–H and O–H groups in total. The number of aromatic nitrogens is 1. The Labute approximate surface area is 218 Å². The fourth-order valence-electron chi connectivity index (χ4n) is 4.55. The number of fused-ring (bicyclic) bond motifs is 1. The van der Waals surface area contributed by atoms with E-state index >= 15 is 0 Å². The second kappa shape index (κ2) is 9.71. The summed E-state index contributed by atoms with van der Waals surface area (Å²) in [6.45, 7) is 6.20. The van der Waals surface area contributed by atoms with Gasteiger partial charge < -0.3 is 14.6 Å². The highest BCUT2D eigenvalue weighted by Crippen LogP contribution is 2.45. The van der Waals surface area contributed by atoms with Crippen LogP contribution in [-0.2, 0) is 9.59 Å². The number of ketones is 1. The van der Waals surface area contributed by atoms with Crippen molar-refractivity contribution in [1.82, 2.24) is 4.98 Å². The molecular formula is C29H26N2O5S. The van der Waals surface area contributed by atoms with E-state index in [-0.39, 0.29) is 11.3 Å². The Bertz CT molecular complexity index is 1570. The first-order chi connectivity index (χ1) is 17.8. The van der Waals surface area contributed by atoms with Crippen LogP contribution in [0.3, 0.4) is 0 Å². The number of ether oxygens (including phenoxy) is 2. The SMILES string of the molecule is CCOc1ccc2nc(N3C(=O)C(=O)/C(=C(/O)c4cc(C)ccc4C)C3c3cccc(OC)c3)sc2c1. The van der Waals surface area contributed by atoms with Crippen molar-refractivity contribution in [2.45, 2.75) is 26.8 Å². The van der Waals surface area contributed by atoms with E-state index in [4.69, 9.17) is 9.47 Å². The summed E-state index contributed by atoms with van der Waals surface area (Å²) in [5.74, 6) is -0.453. The number of hydrogen-bond donors (Lipinski definition) is 1. The smallest absolute Gasteiger partial charge is 0.301 e. The van der Waals surface area contributed by atoms with Gasteiger partial charge in [0.15, 0.2) is 5.13 Å². The van der Waals surface area contributed by atoms with Gasteiger partial charge in [0, 0.05) is 5.56 Å².